The molecular weight excluding hydrogens is 228 g/mol. The molecule has 0 radical (unpaired) electrons. The Morgan fingerprint density at radius 2 is 2.33 bits per heavy atom. The Kier molecular flexibility index (Phi) is 3.55. The first-order valence-corrected chi connectivity index (χ1v) is 6.41. The molecule has 2 heterocycles. The number of pyridine rings is 1. The zero-order valence-corrected chi connectivity index (χ0v) is 11.3. The second-order valence-corrected chi connectivity index (χ2v) is 5.09. The maximum atomic E-state index is 11.9. The Labute approximate surface area is 108 Å². The first kappa shape index (κ1) is 12.9. The molecule has 18 heavy (non-hydrogen) atoms. The van der Waals surface area contributed by atoms with Crippen LogP contribution in [-0.2, 0) is 9.53 Å². The summed E-state index contributed by atoms with van der Waals surface area (Å²) in [4.78, 5) is 18.6. The van der Waals surface area contributed by atoms with Crippen LogP contribution in [0.4, 0.5) is 5.82 Å². The van der Waals surface area contributed by atoms with Crippen LogP contribution < -0.4 is 4.90 Å². The van der Waals surface area contributed by atoms with Gasteiger partial charge in [-0.05, 0) is 39.3 Å². The topological polar surface area (TPSA) is 42.4 Å². The molecule has 98 valence electrons. The van der Waals surface area contributed by atoms with Crippen molar-refractivity contribution in [2.24, 2.45) is 5.41 Å². The summed E-state index contributed by atoms with van der Waals surface area (Å²) in [6.07, 6.45) is 0.821. The number of carbonyl (C=O) groups is 1. The van der Waals surface area contributed by atoms with Gasteiger partial charge in [-0.1, -0.05) is 6.07 Å². The van der Waals surface area contributed by atoms with Gasteiger partial charge in [-0.3, -0.25) is 4.79 Å². The lowest BCUT2D eigenvalue weighted by Crippen LogP contribution is -2.33. The van der Waals surface area contributed by atoms with Gasteiger partial charge in [-0.25, -0.2) is 4.98 Å². The van der Waals surface area contributed by atoms with Crippen molar-refractivity contribution in [1.82, 2.24) is 4.98 Å². The highest BCUT2D eigenvalue weighted by atomic mass is 16.5. The molecule has 4 heteroatoms. The zero-order valence-electron chi connectivity index (χ0n) is 11.3. The van der Waals surface area contributed by atoms with E-state index in [2.05, 4.69) is 9.88 Å². The average Bonchev–Trinajstić information content (AvgIpc) is 2.74. The van der Waals surface area contributed by atoms with Gasteiger partial charge >= 0.3 is 5.97 Å². The Bertz CT molecular complexity index is 447. The molecule has 1 atom stereocenters. The van der Waals surface area contributed by atoms with Crippen LogP contribution in [0.25, 0.3) is 0 Å². The smallest absolute Gasteiger partial charge is 0.313 e. The number of esters is 1. The van der Waals surface area contributed by atoms with Gasteiger partial charge in [-0.15, -0.1) is 0 Å². The number of ether oxygens (including phenoxy) is 1. The first-order valence-electron chi connectivity index (χ1n) is 6.41. The number of aryl methyl sites for hydroxylation is 1. The monoisotopic (exact) mass is 248 g/mol. The number of carbonyl (C=O) groups excluding carboxylic acids is 1. The van der Waals surface area contributed by atoms with Crippen LogP contribution in [-0.4, -0.2) is 30.6 Å². The van der Waals surface area contributed by atoms with Gasteiger partial charge in [0.25, 0.3) is 0 Å². The van der Waals surface area contributed by atoms with Gasteiger partial charge in [0, 0.05) is 18.8 Å². The molecule has 0 amide bonds. The van der Waals surface area contributed by atoms with Crippen LogP contribution >= 0.6 is 0 Å². The van der Waals surface area contributed by atoms with E-state index in [4.69, 9.17) is 4.74 Å². The fourth-order valence-electron chi connectivity index (χ4n) is 2.33. The second kappa shape index (κ2) is 4.96. The van der Waals surface area contributed by atoms with Gasteiger partial charge in [-0.2, -0.15) is 0 Å². The summed E-state index contributed by atoms with van der Waals surface area (Å²) < 4.78 is 5.15. The van der Waals surface area contributed by atoms with Crippen molar-refractivity contribution in [2.75, 3.05) is 24.6 Å². The summed E-state index contributed by atoms with van der Waals surface area (Å²) >= 11 is 0. The lowest BCUT2D eigenvalue weighted by atomic mass is 9.90. The summed E-state index contributed by atoms with van der Waals surface area (Å²) in [5.74, 6) is 0.850. The maximum absolute atomic E-state index is 11.9. The predicted octanol–water partition coefficient (Wildman–Crippen LogP) is 2.17. The molecule has 1 aromatic heterocycles. The number of hydrogen-bond acceptors (Lipinski definition) is 4. The Hall–Kier alpha value is -1.58. The average molecular weight is 248 g/mol. The number of nitrogens with zero attached hydrogens (tertiary/aromatic N) is 2. The molecule has 1 aromatic rings. The number of anilines is 1. The van der Waals surface area contributed by atoms with Crippen molar-refractivity contribution in [3.63, 3.8) is 0 Å². The van der Waals surface area contributed by atoms with E-state index in [0.717, 1.165) is 24.5 Å². The third-order valence-electron chi connectivity index (χ3n) is 3.44. The minimum atomic E-state index is -0.401. The minimum Gasteiger partial charge on any atom is -0.466 e. The van der Waals surface area contributed by atoms with Crippen LogP contribution in [0.2, 0.25) is 0 Å². The number of rotatable bonds is 3. The Morgan fingerprint density at radius 3 is 3.00 bits per heavy atom. The molecule has 0 spiro atoms. The Balaban J connectivity index is 2.10. The van der Waals surface area contributed by atoms with Gasteiger partial charge in [0.2, 0.25) is 0 Å². The highest BCUT2D eigenvalue weighted by molar-refractivity contribution is 5.78. The highest BCUT2D eigenvalue weighted by Crippen LogP contribution is 2.33. The van der Waals surface area contributed by atoms with Crippen LogP contribution in [0.3, 0.4) is 0 Å². The highest BCUT2D eigenvalue weighted by Gasteiger charge is 2.42. The zero-order chi connectivity index (χ0) is 13.2. The van der Waals surface area contributed by atoms with E-state index in [9.17, 15) is 4.79 Å². The standard InChI is InChI=1S/C14H20N2O2/c1-4-18-13(17)14(3)8-9-16(10-14)12-7-5-6-11(2)15-12/h5-7H,4,8-10H2,1-3H3. The van der Waals surface area contributed by atoms with Gasteiger partial charge in [0.05, 0.1) is 12.0 Å². The first-order chi connectivity index (χ1) is 8.55. The second-order valence-electron chi connectivity index (χ2n) is 5.09. The molecule has 1 unspecified atom stereocenters. The van der Waals surface area contributed by atoms with Crippen molar-refractivity contribution >= 4 is 11.8 Å². The predicted molar refractivity (Wildman–Crippen MR) is 70.5 cm³/mol. The fraction of sp³-hybridized carbons (Fsp3) is 0.571. The lowest BCUT2D eigenvalue weighted by Gasteiger charge is -2.23. The molecule has 0 bridgehead atoms. The van der Waals surface area contributed by atoms with Crippen LogP contribution in [0.15, 0.2) is 18.2 Å². The molecule has 0 aliphatic carbocycles. The third kappa shape index (κ3) is 2.47. The van der Waals surface area contributed by atoms with Crippen LogP contribution in [0, 0.1) is 12.3 Å². The quantitative estimate of drug-likeness (QED) is 0.769. The molecule has 0 saturated carbocycles. The summed E-state index contributed by atoms with van der Waals surface area (Å²) in [5.41, 5.74) is 0.596. The van der Waals surface area contributed by atoms with Crippen LogP contribution in [0.1, 0.15) is 26.0 Å². The SMILES string of the molecule is CCOC(=O)C1(C)CCN(c2cccc(C)n2)C1. The molecule has 1 saturated heterocycles. The molecule has 2 rings (SSSR count). The van der Waals surface area contributed by atoms with Gasteiger partial charge in [0.15, 0.2) is 0 Å². The van der Waals surface area contributed by atoms with E-state index in [1.165, 1.54) is 0 Å². The maximum Gasteiger partial charge on any atom is 0.313 e. The molecular formula is C14H20N2O2. The number of aromatic nitrogens is 1. The van der Waals surface area contributed by atoms with Crippen molar-refractivity contribution in [3.05, 3.63) is 23.9 Å². The third-order valence-corrected chi connectivity index (χ3v) is 3.44. The van der Waals surface area contributed by atoms with E-state index in [0.29, 0.717) is 13.2 Å². The fourth-order valence-corrected chi connectivity index (χ4v) is 2.33. The van der Waals surface area contributed by atoms with Crippen molar-refractivity contribution < 1.29 is 9.53 Å². The van der Waals surface area contributed by atoms with Crippen molar-refractivity contribution in [1.29, 1.82) is 0 Å². The minimum absolute atomic E-state index is 0.0971. The summed E-state index contributed by atoms with van der Waals surface area (Å²) in [7, 11) is 0. The lowest BCUT2D eigenvalue weighted by molar-refractivity contribution is -0.153. The largest absolute Gasteiger partial charge is 0.466 e. The van der Waals surface area contributed by atoms with Gasteiger partial charge in [0.1, 0.15) is 5.82 Å². The Morgan fingerprint density at radius 1 is 1.56 bits per heavy atom. The van der Waals surface area contributed by atoms with Gasteiger partial charge < -0.3 is 9.64 Å². The van der Waals surface area contributed by atoms with E-state index in [1.807, 2.05) is 39.0 Å². The summed E-state index contributed by atoms with van der Waals surface area (Å²) in [6.45, 7) is 7.77. The van der Waals surface area contributed by atoms with E-state index in [-0.39, 0.29) is 5.97 Å². The molecule has 4 nitrogen and oxygen atoms in total. The molecule has 1 fully saturated rings. The molecule has 1 aliphatic heterocycles. The molecule has 1 aliphatic rings. The molecule has 0 N–H and O–H groups in total. The van der Waals surface area contributed by atoms with E-state index >= 15 is 0 Å². The van der Waals surface area contributed by atoms with E-state index < -0.39 is 5.41 Å². The van der Waals surface area contributed by atoms with Crippen molar-refractivity contribution in [2.45, 2.75) is 27.2 Å². The van der Waals surface area contributed by atoms with E-state index in [1.54, 1.807) is 0 Å². The van der Waals surface area contributed by atoms with Crippen LogP contribution in [0.5, 0.6) is 0 Å². The normalized spacial score (nSPS) is 23.2. The summed E-state index contributed by atoms with van der Waals surface area (Å²) in [6, 6.07) is 5.96. The molecule has 0 aromatic carbocycles. The number of hydrogen-bond donors (Lipinski definition) is 0. The van der Waals surface area contributed by atoms with Crippen molar-refractivity contribution in [3.8, 4) is 0 Å². The summed E-state index contributed by atoms with van der Waals surface area (Å²) in [5, 5.41) is 0.